The van der Waals surface area contributed by atoms with Crippen LogP contribution in [0.4, 0.5) is 5.69 Å². The van der Waals surface area contributed by atoms with Crippen LogP contribution in [-0.2, 0) is 0 Å². The van der Waals surface area contributed by atoms with E-state index in [2.05, 4.69) is 4.90 Å². The second-order valence-electron chi connectivity index (χ2n) is 4.63. The van der Waals surface area contributed by atoms with Crippen molar-refractivity contribution in [3.63, 3.8) is 0 Å². The monoisotopic (exact) mass is 227 g/mol. The highest BCUT2D eigenvalue weighted by atomic mass is 32.3. The summed E-state index contributed by atoms with van der Waals surface area (Å²) in [6.45, 7) is 4.45. The lowest BCUT2D eigenvalue weighted by Gasteiger charge is -2.53. The fraction of sp³-hybridized carbons (Fsp3) is 0.455. The normalized spacial score (nSPS) is 24.5. The molecule has 1 aromatic rings. The van der Waals surface area contributed by atoms with E-state index in [0.29, 0.717) is 11.4 Å². The summed E-state index contributed by atoms with van der Waals surface area (Å²) in [5.41, 5.74) is 0.928. The molecule has 2 rings (SSSR count). The lowest BCUT2D eigenvalue weighted by Crippen LogP contribution is -2.44. The minimum Gasteiger partial charge on any atom is -0.371 e. The molecule has 0 radical (unpaired) electrons. The molecule has 4 heteroatoms. The first-order valence-electron chi connectivity index (χ1n) is 4.94. The van der Waals surface area contributed by atoms with Gasteiger partial charge in [0.15, 0.2) is 0 Å². The van der Waals surface area contributed by atoms with Crippen LogP contribution in [0.15, 0.2) is 29.2 Å². The molecular formula is C11H17NO2S. The van der Waals surface area contributed by atoms with E-state index in [1.54, 1.807) is 0 Å². The molecule has 15 heavy (non-hydrogen) atoms. The minimum atomic E-state index is -2.69. The van der Waals surface area contributed by atoms with E-state index in [4.69, 9.17) is 0 Å². The Morgan fingerprint density at radius 1 is 1.27 bits per heavy atom. The topological polar surface area (TPSA) is 43.7 Å². The van der Waals surface area contributed by atoms with Crippen molar-refractivity contribution >= 4 is 16.3 Å². The van der Waals surface area contributed by atoms with Crippen LogP contribution in [0.2, 0.25) is 0 Å². The molecule has 0 unspecified atom stereocenters. The number of rotatable bonds is 0. The van der Waals surface area contributed by atoms with Gasteiger partial charge < -0.3 is 4.90 Å². The summed E-state index contributed by atoms with van der Waals surface area (Å²) in [5.74, 6) is 0. The van der Waals surface area contributed by atoms with E-state index in [-0.39, 0.29) is 0 Å². The van der Waals surface area contributed by atoms with Crippen molar-refractivity contribution in [2.45, 2.75) is 23.5 Å². The van der Waals surface area contributed by atoms with Crippen LogP contribution >= 0.6 is 10.6 Å². The first-order valence-corrected chi connectivity index (χ1v) is 6.49. The summed E-state index contributed by atoms with van der Waals surface area (Å²) in [6, 6.07) is 7.51. The molecule has 84 valence electrons. The Balaban J connectivity index is 2.63. The number of para-hydroxylation sites is 1. The lowest BCUT2D eigenvalue weighted by molar-refractivity contribution is 0.433. The maximum atomic E-state index is 10.3. The van der Waals surface area contributed by atoms with Crippen LogP contribution in [0.3, 0.4) is 0 Å². The molecule has 2 N–H and O–H groups in total. The van der Waals surface area contributed by atoms with Gasteiger partial charge in [0.05, 0.1) is 15.3 Å². The Bertz CT molecular complexity index is 390. The number of benzene rings is 1. The van der Waals surface area contributed by atoms with Crippen molar-refractivity contribution in [2.75, 3.05) is 18.5 Å². The lowest BCUT2D eigenvalue weighted by atomic mass is 10.1. The summed E-state index contributed by atoms with van der Waals surface area (Å²) in [7, 11) is -0.713. The maximum Gasteiger partial charge on any atom is 0.0823 e. The Labute approximate surface area is 92.1 Å². The van der Waals surface area contributed by atoms with Crippen LogP contribution in [0, 0.1) is 0 Å². The highest BCUT2D eigenvalue weighted by molar-refractivity contribution is 8.25. The molecule has 0 spiro atoms. The zero-order chi connectivity index (χ0) is 11.3. The molecule has 0 saturated heterocycles. The SMILES string of the molecule is CN1CC(C)(C)S(O)(O)c2ccccc21. The third-order valence-electron chi connectivity index (χ3n) is 2.97. The highest BCUT2D eigenvalue weighted by Gasteiger charge is 2.42. The Morgan fingerprint density at radius 2 is 1.87 bits per heavy atom. The molecular weight excluding hydrogens is 210 g/mol. The van der Waals surface area contributed by atoms with E-state index < -0.39 is 15.3 Å². The van der Waals surface area contributed by atoms with Crippen molar-refractivity contribution in [1.82, 2.24) is 0 Å². The van der Waals surface area contributed by atoms with Gasteiger partial charge in [-0.1, -0.05) is 12.1 Å². The van der Waals surface area contributed by atoms with Crippen molar-refractivity contribution < 1.29 is 9.11 Å². The molecule has 1 heterocycles. The largest absolute Gasteiger partial charge is 0.371 e. The number of hydrogen-bond acceptors (Lipinski definition) is 3. The standard InChI is InChI=1S/C11H17NO2S/c1-11(2)8-12(3)9-6-4-5-7-10(9)15(11,13)14/h4-7,13-14H,8H2,1-3H3. The van der Waals surface area contributed by atoms with Crippen LogP contribution in [0.25, 0.3) is 0 Å². The van der Waals surface area contributed by atoms with E-state index >= 15 is 0 Å². The fourth-order valence-corrected chi connectivity index (χ4v) is 3.81. The molecule has 0 atom stereocenters. The molecule has 1 aliphatic heterocycles. The molecule has 0 amide bonds. The van der Waals surface area contributed by atoms with Gasteiger partial charge in [0.25, 0.3) is 0 Å². The molecule has 0 saturated carbocycles. The van der Waals surface area contributed by atoms with Crippen LogP contribution < -0.4 is 4.90 Å². The molecule has 1 aliphatic rings. The summed E-state index contributed by atoms with van der Waals surface area (Å²) in [6.07, 6.45) is 0. The Kier molecular flexibility index (Phi) is 2.26. The van der Waals surface area contributed by atoms with Crippen LogP contribution in [0.1, 0.15) is 13.8 Å². The zero-order valence-electron chi connectivity index (χ0n) is 9.27. The number of hydrogen-bond donors (Lipinski definition) is 2. The first kappa shape index (κ1) is 10.8. The van der Waals surface area contributed by atoms with Crippen molar-refractivity contribution in [1.29, 1.82) is 0 Å². The number of nitrogens with zero attached hydrogens (tertiary/aromatic N) is 1. The van der Waals surface area contributed by atoms with Gasteiger partial charge in [-0.25, -0.2) is 0 Å². The summed E-state index contributed by atoms with van der Waals surface area (Å²) in [5, 5.41) is 0. The van der Waals surface area contributed by atoms with Gasteiger partial charge in [-0.15, -0.1) is 0 Å². The Hall–Kier alpha value is -0.710. The van der Waals surface area contributed by atoms with E-state index in [0.717, 1.165) is 5.69 Å². The fourth-order valence-electron chi connectivity index (χ4n) is 2.06. The molecule has 1 aromatic carbocycles. The van der Waals surface area contributed by atoms with Gasteiger partial charge in [0.1, 0.15) is 0 Å². The van der Waals surface area contributed by atoms with Crippen molar-refractivity contribution in [2.24, 2.45) is 0 Å². The molecule has 3 nitrogen and oxygen atoms in total. The van der Waals surface area contributed by atoms with Gasteiger partial charge in [-0.2, -0.15) is 10.6 Å². The smallest absolute Gasteiger partial charge is 0.0823 e. The summed E-state index contributed by atoms with van der Waals surface area (Å²) >= 11 is 0. The second-order valence-corrected chi connectivity index (χ2v) is 7.28. The predicted octanol–water partition coefficient (Wildman–Crippen LogP) is 3.02. The van der Waals surface area contributed by atoms with E-state index in [1.165, 1.54) is 0 Å². The summed E-state index contributed by atoms with van der Waals surface area (Å²) < 4.78 is 20.1. The van der Waals surface area contributed by atoms with Gasteiger partial charge in [0.2, 0.25) is 0 Å². The van der Waals surface area contributed by atoms with Crippen molar-refractivity contribution in [3.05, 3.63) is 24.3 Å². The third kappa shape index (κ3) is 1.44. The molecule has 0 bridgehead atoms. The van der Waals surface area contributed by atoms with Gasteiger partial charge >= 0.3 is 0 Å². The minimum absolute atomic E-state index is 0.490. The second kappa shape index (κ2) is 3.14. The third-order valence-corrected chi connectivity index (χ3v) is 5.60. The quantitative estimate of drug-likeness (QED) is 0.716. The summed E-state index contributed by atoms with van der Waals surface area (Å²) in [4.78, 5) is 2.75. The van der Waals surface area contributed by atoms with Gasteiger partial charge in [-0.05, 0) is 26.0 Å². The Morgan fingerprint density at radius 3 is 2.53 bits per heavy atom. The van der Waals surface area contributed by atoms with Crippen LogP contribution in [-0.4, -0.2) is 27.4 Å². The van der Waals surface area contributed by atoms with Gasteiger partial charge in [0, 0.05) is 13.6 Å². The predicted molar refractivity (Wildman–Crippen MR) is 64.9 cm³/mol. The average Bonchev–Trinajstić information content (AvgIpc) is 2.15. The van der Waals surface area contributed by atoms with Gasteiger partial charge in [-0.3, -0.25) is 9.11 Å². The zero-order valence-corrected chi connectivity index (χ0v) is 10.1. The maximum absolute atomic E-state index is 10.3. The molecule has 0 aromatic heterocycles. The van der Waals surface area contributed by atoms with Crippen molar-refractivity contribution in [3.8, 4) is 0 Å². The average molecular weight is 227 g/mol. The first-order chi connectivity index (χ1) is 6.86. The molecule has 0 aliphatic carbocycles. The molecule has 0 fully saturated rings. The van der Waals surface area contributed by atoms with Crippen LogP contribution in [0.5, 0.6) is 0 Å². The highest BCUT2D eigenvalue weighted by Crippen LogP contribution is 2.64. The number of fused-ring (bicyclic) bond motifs is 1. The van der Waals surface area contributed by atoms with E-state index in [1.807, 2.05) is 45.2 Å². The number of anilines is 1. The van der Waals surface area contributed by atoms with E-state index in [9.17, 15) is 9.11 Å².